The summed E-state index contributed by atoms with van der Waals surface area (Å²) in [5.41, 5.74) is 0. The minimum absolute atomic E-state index is 0.0766. The summed E-state index contributed by atoms with van der Waals surface area (Å²) >= 11 is 0. The quantitative estimate of drug-likeness (QED) is 0.515. The molecule has 1 atom stereocenters. The van der Waals surface area contributed by atoms with Crippen LogP contribution in [0.5, 0.6) is 0 Å². The third-order valence-electron chi connectivity index (χ3n) is 2.01. The fourth-order valence-corrected chi connectivity index (χ4v) is 1.35. The highest BCUT2D eigenvalue weighted by Gasteiger charge is 2.42. The zero-order valence-corrected chi connectivity index (χ0v) is 5.37. The SMILES string of the molecule is [CH2]CC1CCCC1(F)F. The summed E-state index contributed by atoms with van der Waals surface area (Å²) in [6, 6.07) is 0. The standard InChI is InChI=1S/C7H11F2/c1-2-6-4-3-5-7(6,8)9/h6H,1-5H2. The van der Waals surface area contributed by atoms with Gasteiger partial charge in [-0.2, -0.15) is 0 Å². The van der Waals surface area contributed by atoms with Gasteiger partial charge in [0.25, 0.3) is 5.92 Å². The molecule has 1 unspecified atom stereocenters. The van der Waals surface area contributed by atoms with Gasteiger partial charge in [0.15, 0.2) is 0 Å². The van der Waals surface area contributed by atoms with E-state index in [4.69, 9.17) is 0 Å². The number of hydrogen-bond acceptors (Lipinski definition) is 0. The summed E-state index contributed by atoms with van der Waals surface area (Å²) in [4.78, 5) is 0. The molecule has 0 bridgehead atoms. The Morgan fingerprint density at radius 1 is 1.56 bits per heavy atom. The second kappa shape index (κ2) is 2.24. The highest BCUT2D eigenvalue weighted by atomic mass is 19.3. The highest BCUT2D eigenvalue weighted by molar-refractivity contribution is 4.84. The van der Waals surface area contributed by atoms with E-state index in [1.54, 1.807) is 0 Å². The van der Waals surface area contributed by atoms with Crippen molar-refractivity contribution in [3.63, 3.8) is 0 Å². The maximum Gasteiger partial charge on any atom is 0.250 e. The van der Waals surface area contributed by atoms with E-state index in [0.29, 0.717) is 19.3 Å². The van der Waals surface area contributed by atoms with Crippen LogP contribution in [0, 0.1) is 12.8 Å². The molecule has 1 aliphatic carbocycles. The Labute approximate surface area is 54.3 Å². The smallest absolute Gasteiger partial charge is 0.207 e. The molecule has 0 nitrogen and oxygen atoms in total. The molecule has 53 valence electrons. The zero-order valence-electron chi connectivity index (χ0n) is 5.37. The van der Waals surface area contributed by atoms with Gasteiger partial charge in [-0.25, -0.2) is 8.78 Å². The third kappa shape index (κ3) is 1.22. The molecule has 0 aromatic rings. The minimum Gasteiger partial charge on any atom is -0.207 e. The molecule has 9 heavy (non-hydrogen) atoms. The number of alkyl halides is 2. The minimum atomic E-state index is -2.40. The summed E-state index contributed by atoms with van der Waals surface area (Å²) in [5.74, 6) is -2.83. The fraction of sp³-hybridized carbons (Fsp3) is 0.857. The van der Waals surface area contributed by atoms with E-state index in [-0.39, 0.29) is 6.42 Å². The lowest BCUT2D eigenvalue weighted by atomic mass is 10.0. The summed E-state index contributed by atoms with van der Waals surface area (Å²) in [6.07, 6.45) is 1.80. The van der Waals surface area contributed by atoms with Crippen LogP contribution in [0.4, 0.5) is 8.78 Å². The Bertz CT molecular complexity index is 99.1. The summed E-state index contributed by atoms with van der Waals surface area (Å²) in [6.45, 7) is 3.48. The average Bonchev–Trinajstić information content (AvgIpc) is 2.08. The fourth-order valence-electron chi connectivity index (χ4n) is 1.35. The maximum atomic E-state index is 12.6. The molecule has 0 aromatic heterocycles. The maximum absolute atomic E-state index is 12.6. The molecular formula is C7H11F2. The van der Waals surface area contributed by atoms with Crippen molar-refractivity contribution in [2.75, 3.05) is 0 Å². The molecule has 1 aliphatic rings. The molecule has 1 fully saturated rings. The van der Waals surface area contributed by atoms with Crippen LogP contribution >= 0.6 is 0 Å². The van der Waals surface area contributed by atoms with Crippen molar-refractivity contribution < 1.29 is 8.78 Å². The van der Waals surface area contributed by atoms with Crippen LogP contribution in [0.25, 0.3) is 0 Å². The lowest BCUT2D eigenvalue weighted by molar-refractivity contribution is -0.0356. The van der Waals surface area contributed by atoms with Gasteiger partial charge in [0, 0.05) is 12.3 Å². The van der Waals surface area contributed by atoms with Crippen molar-refractivity contribution in [1.82, 2.24) is 0 Å². The Morgan fingerprint density at radius 2 is 2.22 bits per heavy atom. The molecule has 0 heterocycles. The summed E-state index contributed by atoms with van der Waals surface area (Å²) < 4.78 is 25.1. The zero-order chi connectivity index (χ0) is 6.91. The van der Waals surface area contributed by atoms with Gasteiger partial charge in [-0.15, -0.1) is 0 Å². The lowest BCUT2D eigenvalue weighted by Gasteiger charge is -2.15. The van der Waals surface area contributed by atoms with Crippen LogP contribution in [0.1, 0.15) is 25.7 Å². The molecule has 0 amide bonds. The summed E-state index contributed by atoms with van der Waals surface area (Å²) in [5, 5.41) is 0. The van der Waals surface area contributed by atoms with E-state index in [9.17, 15) is 8.78 Å². The van der Waals surface area contributed by atoms with Gasteiger partial charge in [-0.1, -0.05) is 6.92 Å². The van der Waals surface area contributed by atoms with Crippen molar-refractivity contribution >= 4 is 0 Å². The van der Waals surface area contributed by atoms with Crippen molar-refractivity contribution in [3.8, 4) is 0 Å². The van der Waals surface area contributed by atoms with E-state index < -0.39 is 11.8 Å². The molecule has 0 aliphatic heterocycles. The van der Waals surface area contributed by atoms with E-state index in [0.717, 1.165) is 0 Å². The average molecular weight is 133 g/mol. The first kappa shape index (κ1) is 6.97. The first-order valence-corrected chi connectivity index (χ1v) is 3.34. The van der Waals surface area contributed by atoms with E-state index >= 15 is 0 Å². The van der Waals surface area contributed by atoms with Crippen molar-refractivity contribution in [2.45, 2.75) is 31.6 Å². The predicted octanol–water partition coefficient (Wildman–Crippen LogP) is 2.65. The van der Waals surface area contributed by atoms with E-state index in [1.165, 1.54) is 0 Å². The number of halogens is 2. The molecule has 1 rings (SSSR count). The lowest BCUT2D eigenvalue weighted by Crippen LogP contribution is -2.20. The van der Waals surface area contributed by atoms with Crippen LogP contribution in [0.3, 0.4) is 0 Å². The highest BCUT2D eigenvalue weighted by Crippen LogP contribution is 2.41. The van der Waals surface area contributed by atoms with Crippen LogP contribution in [0.2, 0.25) is 0 Å². The third-order valence-corrected chi connectivity index (χ3v) is 2.01. The van der Waals surface area contributed by atoms with Gasteiger partial charge in [0.05, 0.1) is 0 Å². The van der Waals surface area contributed by atoms with Crippen LogP contribution in [-0.4, -0.2) is 5.92 Å². The monoisotopic (exact) mass is 133 g/mol. The second-order valence-electron chi connectivity index (χ2n) is 2.64. The van der Waals surface area contributed by atoms with Crippen LogP contribution in [0.15, 0.2) is 0 Å². The molecular weight excluding hydrogens is 122 g/mol. The second-order valence-corrected chi connectivity index (χ2v) is 2.64. The topological polar surface area (TPSA) is 0 Å². The summed E-state index contributed by atoms with van der Waals surface area (Å²) in [7, 11) is 0. The van der Waals surface area contributed by atoms with Crippen LogP contribution < -0.4 is 0 Å². The number of rotatable bonds is 1. The van der Waals surface area contributed by atoms with Gasteiger partial charge in [0.2, 0.25) is 0 Å². The van der Waals surface area contributed by atoms with Crippen molar-refractivity contribution in [3.05, 3.63) is 6.92 Å². The number of hydrogen-bond donors (Lipinski definition) is 0. The molecule has 0 saturated heterocycles. The van der Waals surface area contributed by atoms with Gasteiger partial charge in [-0.3, -0.25) is 0 Å². The van der Waals surface area contributed by atoms with Crippen molar-refractivity contribution in [2.24, 2.45) is 5.92 Å². The first-order valence-electron chi connectivity index (χ1n) is 3.34. The molecule has 1 radical (unpaired) electrons. The Kier molecular flexibility index (Phi) is 1.73. The molecule has 1 saturated carbocycles. The van der Waals surface area contributed by atoms with Gasteiger partial charge in [-0.05, 0) is 19.3 Å². The molecule has 0 aromatic carbocycles. The Morgan fingerprint density at radius 3 is 2.44 bits per heavy atom. The molecule has 2 heteroatoms. The van der Waals surface area contributed by atoms with Gasteiger partial charge in [0.1, 0.15) is 0 Å². The molecule has 0 N–H and O–H groups in total. The molecule has 0 spiro atoms. The van der Waals surface area contributed by atoms with Crippen LogP contribution in [-0.2, 0) is 0 Å². The van der Waals surface area contributed by atoms with E-state index in [2.05, 4.69) is 6.92 Å². The Balaban J connectivity index is 2.52. The Hall–Kier alpha value is -0.140. The normalized spacial score (nSPS) is 33.0. The van der Waals surface area contributed by atoms with Crippen molar-refractivity contribution in [1.29, 1.82) is 0 Å². The van der Waals surface area contributed by atoms with Gasteiger partial charge < -0.3 is 0 Å². The largest absolute Gasteiger partial charge is 0.250 e. The first-order chi connectivity index (χ1) is 4.17. The van der Waals surface area contributed by atoms with Gasteiger partial charge >= 0.3 is 0 Å². The predicted molar refractivity (Wildman–Crippen MR) is 32.3 cm³/mol. The van der Waals surface area contributed by atoms with E-state index in [1.807, 2.05) is 0 Å².